The highest BCUT2D eigenvalue weighted by atomic mass is 16.4. The number of pyridine rings is 1. The van der Waals surface area contributed by atoms with Gasteiger partial charge in [-0.1, -0.05) is 12.1 Å². The number of anilines is 1. The molecule has 2 aromatic heterocycles. The summed E-state index contributed by atoms with van der Waals surface area (Å²) >= 11 is 0. The molecule has 0 saturated heterocycles. The SMILES string of the molecule is O=C(O)Cn1cc(NC(=O)c2cccc(-c3cncnc3)c2)ccc1=O. The Kier molecular flexibility index (Phi) is 4.84. The maximum Gasteiger partial charge on any atom is 0.323 e. The lowest BCUT2D eigenvalue weighted by Gasteiger charge is -2.09. The Morgan fingerprint density at radius 2 is 1.85 bits per heavy atom. The topological polar surface area (TPSA) is 114 Å². The first-order chi connectivity index (χ1) is 12.5. The summed E-state index contributed by atoms with van der Waals surface area (Å²) in [5, 5.41) is 11.5. The Morgan fingerprint density at radius 1 is 1.08 bits per heavy atom. The van der Waals surface area contributed by atoms with Crippen LogP contribution in [0.2, 0.25) is 0 Å². The minimum Gasteiger partial charge on any atom is -0.480 e. The molecule has 8 heteroatoms. The molecule has 0 fully saturated rings. The zero-order valence-corrected chi connectivity index (χ0v) is 13.5. The van der Waals surface area contributed by atoms with Gasteiger partial charge in [0, 0.05) is 35.8 Å². The maximum absolute atomic E-state index is 12.5. The largest absolute Gasteiger partial charge is 0.480 e. The minimum atomic E-state index is -1.15. The predicted octanol–water partition coefficient (Wildman–Crippen LogP) is 1.64. The van der Waals surface area contributed by atoms with E-state index in [-0.39, 0.29) is 5.91 Å². The summed E-state index contributed by atoms with van der Waals surface area (Å²) in [6, 6.07) is 9.55. The van der Waals surface area contributed by atoms with Crippen molar-refractivity contribution in [3.8, 4) is 11.1 Å². The van der Waals surface area contributed by atoms with Crippen molar-refractivity contribution < 1.29 is 14.7 Å². The summed E-state index contributed by atoms with van der Waals surface area (Å²) in [4.78, 5) is 42.8. The van der Waals surface area contributed by atoms with Crippen LogP contribution in [0.5, 0.6) is 0 Å². The second-order valence-electron chi connectivity index (χ2n) is 5.44. The van der Waals surface area contributed by atoms with Crippen LogP contribution in [0.15, 0.2) is 66.1 Å². The van der Waals surface area contributed by atoms with Crippen molar-refractivity contribution in [2.75, 3.05) is 5.32 Å². The van der Waals surface area contributed by atoms with Crippen LogP contribution in [0.4, 0.5) is 5.69 Å². The molecule has 3 rings (SSSR count). The van der Waals surface area contributed by atoms with Crippen LogP contribution in [0.1, 0.15) is 10.4 Å². The Morgan fingerprint density at radius 3 is 2.58 bits per heavy atom. The summed E-state index contributed by atoms with van der Waals surface area (Å²) in [5.74, 6) is -1.53. The summed E-state index contributed by atoms with van der Waals surface area (Å²) in [5.41, 5.74) is 1.83. The molecule has 0 saturated carbocycles. The van der Waals surface area contributed by atoms with Gasteiger partial charge in [-0.25, -0.2) is 9.97 Å². The van der Waals surface area contributed by atoms with Crippen molar-refractivity contribution in [1.82, 2.24) is 14.5 Å². The van der Waals surface area contributed by atoms with Gasteiger partial charge in [-0.2, -0.15) is 0 Å². The number of amides is 1. The number of nitrogens with one attached hydrogen (secondary N) is 1. The number of hydrogen-bond donors (Lipinski definition) is 2. The van der Waals surface area contributed by atoms with Crippen LogP contribution in [-0.4, -0.2) is 31.5 Å². The van der Waals surface area contributed by atoms with Crippen molar-refractivity contribution in [2.45, 2.75) is 6.54 Å². The molecule has 3 aromatic rings. The number of carbonyl (C=O) groups is 2. The van der Waals surface area contributed by atoms with E-state index in [1.165, 1.54) is 24.7 Å². The van der Waals surface area contributed by atoms with Crippen LogP contribution in [0, 0.1) is 0 Å². The second kappa shape index (κ2) is 7.39. The lowest BCUT2D eigenvalue weighted by Crippen LogP contribution is -2.24. The molecule has 0 bridgehead atoms. The molecular formula is C18H14N4O4. The van der Waals surface area contributed by atoms with Gasteiger partial charge in [-0.3, -0.25) is 14.4 Å². The molecule has 2 N–H and O–H groups in total. The van der Waals surface area contributed by atoms with Gasteiger partial charge in [0.2, 0.25) is 0 Å². The smallest absolute Gasteiger partial charge is 0.323 e. The Labute approximate surface area is 147 Å². The Balaban J connectivity index is 1.83. The molecule has 130 valence electrons. The van der Waals surface area contributed by atoms with Gasteiger partial charge in [0.05, 0.1) is 5.69 Å². The molecule has 0 aliphatic carbocycles. The number of aliphatic carboxylic acids is 1. The average molecular weight is 350 g/mol. The van der Waals surface area contributed by atoms with E-state index in [4.69, 9.17) is 5.11 Å². The highest BCUT2D eigenvalue weighted by Gasteiger charge is 2.10. The molecule has 1 amide bonds. The van der Waals surface area contributed by atoms with Crippen LogP contribution in [-0.2, 0) is 11.3 Å². The fourth-order valence-electron chi connectivity index (χ4n) is 2.37. The van der Waals surface area contributed by atoms with Crippen LogP contribution >= 0.6 is 0 Å². The third kappa shape index (κ3) is 3.99. The molecule has 0 radical (unpaired) electrons. The monoisotopic (exact) mass is 350 g/mol. The fourth-order valence-corrected chi connectivity index (χ4v) is 2.37. The standard InChI is InChI=1S/C18H14N4O4/c23-16-5-4-15(9-22(16)10-17(24)25)21-18(26)13-3-1-2-12(6-13)14-7-19-11-20-8-14/h1-9,11H,10H2,(H,21,26)(H,24,25). The van der Waals surface area contributed by atoms with Gasteiger partial charge in [0.15, 0.2) is 0 Å². The zero-order chi connectivity index (χ0) is 18.5. The lowest BCUT2D eigenvalue weighted by molar-refractivity contribution is -0.137. The number of aromatic nitrogens is 3. The van der Waals surface area contributed by atoms with Gasteiger partial charge in [0.1, 0.15) is 12.9 Å². The van der Waals surface area contributed by atoms with Crippen LogP contribution < -0.4 is 10.9 Å². The molecule has 2 heterocycles. The van der Waals surface area contributed by atoms with Gasteiger partial charge >= 0.3 is 5.97 Å². The number of carboxylic acids is 1. The van der Waals surface area contributed by atoms with E-state index in [2.05, 4.69) is 15.3 Å². The average Bonchev–Trinajstić information content (AvgIpc) is 2.65. The molecule has 0 aliphatic heterocycles. The predicted molar refractivity (Wildman–Crippen MR) is 93.8 cm³/mol. The Hall–Kier alpha value is -3.81. The van der Waals surface area contributed by atoms with Gasteiger partial charge in [-0.15, -0.1) is 0 Å². The number of hydrogen-bond acceptors (Lipinski definition) is 5. The van der Waals surface area contributed by atoms with Crippen molar-refractivity contribution in [3.05, 3.63) is 77.2 Å². The van der Waals surface area contributed by atoms with Crippen molar-refractivity contribution >= 4 is 17.6 Å². The van der Waals surface area contributed by atoms with E-state index in [9.17, 15) is 14.4 Å². The second-order valence-corrected chi connectivity index (χ2v) is 5.44. The Bertz CT molecular complexity index is 1010. The molecular weight excluding hydrogens is 336 g/mol. The van der Waals surface area contributed by atoms with Crippen molar-refractivity contribution in [3.63, 3.8) is 0 Å². The van der Waals surface area contributed by atoms with Gasteiger partial charge < -0.3 is 15.0 Å². The summed E-state index contributed by atoms with van der Waals surface area (Å²) in [7, 11) is 0. The first-order valence-electron chi connectivity index (χ1n) is 7.62. The molecule has 0 atom stereocenters. The summed E-state index contributed by atoms with van der Waals surface area (Å²) in [6.07, 6.45) is 6.01. The number of rotatable bonds is 5. The highest BCUT2D eigenvalue weighted by molar-refractivity contribution is 6.04. The normalized spacial score (nSPS) is 10.3. The molecule has 0 aliphatic rings. The molecule has 8 nitrogen and oxygen atoms in total. The van der Waals surface area contributed by atoms with Gasteiger partial charge in [0.25, 0.3) is 11.5 Å². The molecule has 0 spiro atoms. The number of benzene rings is 1. The number of carbonyl (C=O) groups excluding carboxylic acids is 1. The van der Waals surface area contributed by atoms with E-state index < -0.39 is 18.1 Å². The molecule has 1 aromatic carbocycles. The summed E-state index contributed by atoms with van der Waals surface area (Å²) in [6.45, 7) is -0.480. The third-order valence-electron chi connectivity index (χ3n) is 3.57. The fraction of sp³-hybridized carbons (Fsp3) is 0.0556. The van der Waals surface area contributed by atoms with Crippen LogP contribution in [0.25, 0.3) is 11.1 Å². The van der Waals surface area contributed by atoms with Gasteiger partial charge in [-0.05, 0) is 23.8 Å². The first kappa shape index (κ1) is 17.0. The van der Waals surface area contributed by atoms with E-state index in [1.54, 1.807) is 30.6 Å². The van der Waals surface area contributed by atoms with E-state index >= 15 is 0 Å². The minimum absolute atomic E-state index is 0.323. The third-order valence-corrected chi connectivity index (χ3v) is 3.57. The molecule has 0 unspecified atom stereocenters. The van der Waals surface area contributed by atoms with Crippen molar-refractivity contribution in [1.29, 1.82) is 0 Å². The van der Waals surface area contributed by atoms with E-state index in [1.807, 2.05) is 6.07 Å². The van der Waals surface area contributed by atoms with E-state index in [0.29, 0.717) is 11.3 Å². The number of carboxylic acid groups (broad SMARTS) is 1. The zero-order valence-electron chi connectivity index (χ0n) is 13.5. The number of nitrogens with zero attached hydrogens (tertiary/aromatic N) is 3. The molecule has 26 heavy (non-hydrogen) atoms. The highest BCUT2D eigenvalue weighted by Crippen LogP contribution is 2.19. The lowest BCUT2D eigenvalue weighted by atomic mass is 10.1. The van der Waals surface area contributed by atoms with Crippen LogP contribution in [0.3, 0.4) is 0 Å². The van der Waals surface area contributed by atoms with E-state index in [0.717, 1.165) is 15.7 Å². The first-order valence-corrected chi connectivity index (χ1v) is 7.62. The maximum atomic E-state index is 12.5. The quantitative estimate of drug-likeness (QED) is 0.723. The summed E-state index contributed by atoms with van der Waals surface area (Å²) < 4.78 is 1.01. The van der Waals surface area contributed by atoms with Crippen molar-refractivity contribution in [2.24, 2.45) is 0 Å².